The Hall–Kier alpha value is -2.64. The van der Waals surface area contributed by atoms with Crippen LogP contribution in [0.1, 0.15) is 43.2 Å². The molecule has 0 radical (unpaired) electrons. The maximum atomic E-state index is 6.61. The summed E-state index contributed by atoms with van der Waals surface area (Å²) in [5, 5.41) is 11.5. The predicted octanol–water partition coefficient (Wildman–Crippen LogP) is 5.58. The highest BCUT2D eigenvalue weighted by Crippen LogP contribution is 2.37. The quantitative estimate of drug-likeness (QED) is 0.396. The smallest absolute Gasteiger partial charge is 0.163 e. The van der Waals surface area contributed by atoms with E-state index in [2.05, 4.69) is 22.7 Å². The van der Waals surface area contributed by atoms with Crippen LogP contribution in [0, 0.1) is 26.7 Å². The van der Waals surface area contributed by atoms with Gasteiger partial charge in [-0.15, -0.1) is 0 Å². The molecule has 0 aliphatic heterocycles. The molecule has 1 aliphatic carbocycles. The molecule has 7 nitrogen and oxygen atoms in total. The van der Waals surface area contributed by atoms with Crippen molar-refractivity contribution in [1.29, 1.82) is 0 Å². The fourth-order valence-electron chi connectivity index (χ4n) is 4.26. The van der Waals surface area contributed by atoms with Gasteiger partial charge in [-0.2, -0.15) is 0 Å². The first-order valence-corrected chi connectivity index (χ1v) is 11.9. The topological polar surface area (TPSA) is 85.1 Å². The van der Waals surface area contributed by atoms with Gasteiger partial charge in [-0.3, -0.25) is 0 Å². The molecule has 0 spiro atoms. The number of rotatable bonds is 9. The Morgan fingerprint density at radius 1 is 1.18 bits per heavy atom. The molecule has 3 aromatic rings. The minimum Gasteiger partial charge on any atom is -0.494 e. The van der Waals surface area contributed by atoms with Crippen molar-refractivity contribution < 1.29 is 9.26 Å². The summed E-state index contributed by atoms with van der Waals surface area (Å²) in [6.07, 6.45) is 3.19. The summed E-state index contributed by atoms with van der Waals surface area (Å²) in [5.41, 5.74) is 4.22. The Balaban J connectivity index is 1.75. The van der Waals surface area contributed by atoms with Gasteiger partial charge in [0.25, 0.3) is 0 Å². The number of ether oxygens (including phenoxy) is 1. The molecule has 33 heavy (non-hydrogen) atoms. The van der Waals surface area contributed by atoms with Gasteiger partial charge in [-0.05, 0) is 77.7 Å². The number of aromatic nitrogens is 3. The molecule has 1 aromatic carbocycles. The van der Waals surface area contributed by atoms with Gasteiger partial charge in [-0.1, -0.05) is 23.7 Å². The molecule has 4 rings (SSSR count). The van der Waals surface area contributed by atoms with Crippen molar-refractivity contribution in [2.24, 2.45) is 5.92 Å². The first kappa shape index (κ1) is 23.5. The average Bonchev–Trinajstić information content (AvgIpc) is 3.10. The van der Waals surface area contributed by atoms with E-state index in [4.69, 9.17) is 30.8 Å². The molecule has 1 aliphatic rings. The maximum absolute atomic E-state index is 6.61. The Morgan fingerprint density at radius 3 is 2.64 bits per heavy atom. The van der Waals surface area contributed by atoms with E-state index in [1.165, 1.54) is 0 Å². The molecule has 176 valence electrons. The zero-order valence-electron chi connectivity index (χ0n) is 20.0. The molecule has 2 aromatic heterocycles. The molecular formula is C25H32ClN5O2. The molecule has 1 saturated carbocycles. The fraction of sp³-hybridized carbons (Fsp3) is 0.480. The first-order valence-electron chi connectivity index (χ1n) is 11.5. The van der Waals surface area contributed by atoms with Gasteiger partial charge in [0.1, 0.15) is 17.3 Å². The van der Waals surface area contributed by atoms with Crippen molar-refractivity contribution in [3.63, 3.8) is 0 Å². The van der Waals surface area contributed by atoms with Crippen LogP contribution in [0.25, 0.3) is 22.6 Å². The van der Waals surface area contributed by atoms with Crippen molar-refractivity contribution >= 4 is 17.4 Å². The third-order valence-electron chi connectivity index (χ3n) is 6.15. The zero-order valence-corrected chi connectivity index (χ0v) is 20.7. The molecule has 0 unspecified atom stereocenters. The first-order chi connectivity index (χ1) is 15.9. The second-order valence-corrected chi connectivity index (χ2v) is 9.34. The highest BCUT2D eigenvalue weighted by Gasteiger charge is 2.28. The normalized spacial score (nSPS) is 17.6. The average molecular weight is 470 g/mol. The monoisotopic (exact) mass is 469 g/mol. The summed E-state index contributed by atoms with van der Waals surface area (Å²) < 4.78 is 11.4. The van der Waals surface area contributed by atoms with Gasteiger partial charge in [0, 0.05) is 17.2 Å². The van der Waals surface area contributed by atoms with E-state index in [0.717, 1.165) is 77.1 Å². The van der Waals surface area contributed by atoms with Crippen molar-refractivity contribution in [2.45, 2.75) is 53.0 Å². The standard InChI is InChI=1S/C25H32ClN5O2/c1-14-11-18(12-14)28-24-15(2)23(22-16(3)31-33-17(22)4)29-25(30-24)20-13-19(7-8-21(20)26)32-10-6-9-27-5/h7-8,13-14,18,27H,6,9-12H2,1-5H3,(H,28,29,30). The molecular weight excluding hydrogens is 438 g/mol. The fourth-order valence-corrected chi connectivity index (χ4v) is 4.46. The van der Waals surface area contributed by atoms with Crippen LogP contribution in [-0.2, 0) is 0 Å². The SMILES string of the molecule is CNCCCOc1ccc(Cl)c(-c2nc(NC3CC(C)C3)c(C)c(-c3c(C)noc3C)n2)c1. The number of anilines is 1. The lowest BCUT2D eigenvalue weighted by molar-refractivity contribution is 0.308. The molecule has 2 N–H and O–H groups in total. The highest BCUT2D eigenvalue weighted by molar-refractivity contribution is 6.33. The number of benzene rings is 1. The van der Waals surface area contributed by atoms with Crippen molar-refractivity contribution in [2.75, 3.05) is 25.5 Å². The van der Waals surface area contributed by atoms with Crippen molar-refractivity contribution in [1.82, 2.24) is 20.4 Å². The summed E-state index contributed by atoms with van der Waals surface area (Å²) in [6.45, 7) is 9.67. The van der Waals surface area contributed by atoms with Crippen LogP contribution in [0.5, 0.6) is 5.75 Å². The van der Waals surface area contributed by atoms with Crippen LogP contribution in [0.2, 0.25) is 5.02 Å². The second kappa shape index (κ2) is 10.1. The van der Waals surface area contributed by atoms with Crippen molar-refractivity contribution in [3.05, 3.63) is 40.2 Å². The van der Waals surface area contributed by atoms with E-state index >= 15 is 0 Å². The minimum atomic E-state index is 0.413. The Labute approximate surface area is 200 Å². The van der Waals surface area contributed by atoms with Gasteiger partial charge >= 0.3 is 0 Å². The predicted molar refractivity (Wildman–Crippen MR) is 132 cm³/mol. The lowest BCUT2D eigenvalue weighted by Gasteiger charge is -2.34. The van der Waals surface area contributed by atoms with Gasteiger partial charge < -0.3 is 19.9 Å². The summed E-state index contributed by atoms with van der Waals surface area (Å²) in [4.78, 5) is 9.85. The highest BCUT2D eigenvalue weighted by atomic mass is 35.5. The van der Waals surface area contributed by atoms with Crippen molar-refractivity contribution in [3.8, 4) is 28.4 Å². The van der Waals surface area contributed by atoms with E-state index in [1.54, 1.807) is 0 Å². The van der Waals surface area contributed by atoms with Crippen LogP contribution in [0.3, 0.4) is 0 Å². The second-order valence-electron chi connectivity index (χ2n) is 8.93. The van der Waals surface area contributed by atoms with E-state index in [0.29, 0.717) is 23.5 Å². The number of hydrogen-bond donors (Lipinski definition) is 2. The Bertz CT molecular complexity index is 1100. The lowest BCUT2D eigenvalue weighted by Crippen LogP contribution is -2.34. The molecule has 8 heteroatoms. The third kappa shape index (κ3) is 5.14. The van der Waals surface area contributed by atoms with E-state index < -0.39 is 0 Å². The summed E-state index contributed by atoms with van der Waals surface area (Å²) >= 11 is 6.61. The van der Waals surface area contributed by atoms with E-state index in [1.807, 2.05) is 46.0 Å². The van der Waals surface area contributed by atoms with E-state index in [-0.39, 0.29) is 0 Å². The number of aryl methyl sites for hydroxylation is 2. The number of hydrogen-bond acceptors (Lipinski definition) is 7. The summed E-state index contributed by atoms with van der Waals surface area (Å²) in [6, 6.07) is 6.04. The molecule has 2 heterocycles. The van der Waals surface area contributed by atoms with Crippen LogP contribution in [0.4, 0.5) is 5.82 Å². The van der Waals surface area contributed by atoms with Crippen LogP contribution < -0.4 is 15.4 Å². The largest absolute Gasteiger partial charge is 0.494 e. The van der Waals surface area contributed by atoms with Crippen LogP contribution >= 0.6 is 11.6 Å². The van der Waals surface area contributed by atoms with Crippen LogP contribution in [0.15, 0.2) is 22.7 Å². The molecule has 0 atom stereocenters. The van der Waals surface area contributed by atoms with Gasteiger partial charge in [0.05, 0.1) is 28.6 Å². The Morgan fingerprint density at radius 2 is 1.97 bits per heavy atom. The molecule has 1 fully saturated rings. The number of nitrogens with one attached hydrogen (secondary N) is 2. The van der Waals surface area contributed by atoms with Crippen LogP contribution in [-0.4, -0.2) is 41.4 Å². The maximum Gasteiger partial charge on any atom is 0.163 e. The number of nitrogens with zero attached hydrogens (tertiary/aromatic N) is 3. The van der Waals surface area contributed by atoms with E-state index in [9.17, 15) is 0 Å². The van der Waals surface area contributed by atoms with Gasteiger partial charge in [0.15, 0.2) is 5.82 Å². The van der Waals surface area contributed by atoms with Gasteiger partial charge in [-0.25, -0.2) is 9.97 Å². The molecule has 0 amide bonds. The molecule has 0 bridgehead atoms. The lowest BCUT2D eigenvalue weighted by atomic mass is 9.82. The third-order valence-corrected chi connectivity index (χ3v) is 6.48. The summed E-state index contributed by atoms with van der Waals surface area (Å²) in [7, 11) is 1.93. The number of halogens is 1. The Kier molecular flexibility index (Phi) is 7.20. The summed E-state index contributed by atoms with van der Waals surface area (Å²) in [5.74, 6) is 3.59. The zero-order chi connectivity index (χ0) is 23.5. The van der Waals surface area contributed by atoms with Gasteiger partial charge in [0.2, 0.25) is 0 Å². The molecule has 0 saturated heterocycles. The minimum absolute atomic E-state index is 0.413.